The standard InChI is InChI=1S/C15H18F2N4O2.ClH/c1-18-14(10-8-20-21(2)9-10)15(22)19-5-6-23-13-4-3-11(16)7-12(13)17;/h3-4,7-9,14,18H,5-6H2,1-2H3,(H,19,22);1H. The summed E-state index contributed by atoms with van der Waals surface area (Å²) >= 11 is 0. The molecule has 0 aliphatic carbocycles. The molecule has 0 radical (unpaired) electrons. The number of ether oxygens (including phenoxy) is 1. The zero-order valence-corrected chi connectivity index (χ0v) is 14.1. The van der Waals surface area contributed by atoms with Crippen LogP contribution in [-0.4, -0.2) is 35.9 Å². The van der Waals surface area contributed by atoms with Gasteiger partial charge in [0.05, 0.1) is 12.7 Å². The molecule has 0 fully saturated rings. The van der Waals surface area contributed by atoms with Gasteiger partial charge >= 0.3 is 0 Å². The van der Waals surface area contributed by atoms with Crippen LogP contribution in [0.3, 0.4) is 0 Å². The van der Waals surface area contributed by atoms with E-state index in [0.717, 1.165) is 17.7 Å². The Labute approximate surface area is 144 Å². The molecule has 1 heterocycles. The van der Waals surface area contributed by atoms with Gasteiger partial charge in [0, 0.05) is 24.9 Å². The second kappa shape index (κ2) is 9.19. The molecular weight excluding hydrogens is 342 g/mol. The predicted octanol–water partition coefficient (Wildman–Crippen LogP) is 1.58. The van der Waals surface area contributed by atoms with Crippen LogP contribution >= 0.6 is 12.4 Å². The fourth-order valence-corrected chi connectivity index (χ4v) is 2.07. The van der Waals surface area contributed by atoms with E-state index >= 15 is 0 Å². The average molecular weight is 361 g/mol. The summed E-state index contributed by atoms with van der Waals surface area (Å²) in [5.41, 5.74) is 0.734. The summed E-state index contributed by atoms with van der Waals surface area (Å²) in [6.45, 7) is 0.256. The first-order valence-corrected chi connectivity index (χ1v) is 7.02. The quantitative estimate of drug-likeness (QED) is 0.736. The topological polar surface area (TPSA) is 68.2 Å². The number of hydrogen-bond acceptors (Lipinski definition) is 4. The summed E-state index contributed by atoms with van der Waals surface area (Å²) in [4.78, 5) is 12.1. The molecule has 1 atom stereocenters. The van der Waals surface area contributed by atoms with Crippen molar-refractivity contribution in [1.82, 2.24) is 20.4 Å². The molecule has 9 heteroatoms. The van der Waals surface area contributed by atoms with E-state index in [0.29, 0.717) is 0 Å². The van der Waals surface area contributed by atoms with Crippen LogP contribution in [0.4, 0.5) is 8.78 Å². The number of carbonyl (C=O) groups excluding carboxylic acids is 1. The van der Waals surface area contributed by atoms with Crippen LogP contribution in [0.2, 0.25) is 0 Å². The lowest BCUT2D eigenvalue weighted by Gasteiger charge is -2.15. The first-order valence-electron chi connectivity index (χ1n) is 7.02. The van der Waals surface area contributed by atoms with Crippen LogP contribution in [0.5, 0.6) is 5.75 Å². The van der Waals surface area contributed by atoms with Gasteiger partial charge in [0.15, 0.2) is 11.6 Å². The number of nitrogens with zero attached hydrogens (tertiary/aromatic N) is 2. The minimum absolute atomic E-state index is 0. The molecule has 0 aliphatic rings. The zero-order valence-electron chi connectivity index (χ0n) is 13.3. The molecule has 2 aromatic rings. The highest BCUT2D eigenvalue weighted by Crippen LogP contribution is 2.17. The van der Waals surface area contributed by atoms with Crippen molar-refractivity contribution < 1.29 is 18.3 Å². The summed E-state index contributed by atoms with van der Waals surface area (Å²) in [5, 5.41) is 9.60. The summed E-state index contributed by atoms with van der Waals surface area (Å²) in [6, 6.07) is 2.52. The minimum atomic E-state index is -0.778. The second-order valence-corrected chi connectivity index (χ2v) is 4.88. The van der Waals surface area contributed by atoms with Crippen LogP contribution in [0.15, 0.2) is 30.6 Å². The molecule has 1 aromatic carbocycles. The molecule has 0 bridgehead atoms. The number of amides is 1. The van der Waals surface area contributed by atoms with Crippen LogP contribution in [0.1, 0.15) is 11.6 Å². The largest absolute Gasteiger partial charge is 0.489 e. The molecule has 2 rings (SSSR count). The fraction of sp³-hybridized carbons (Fsp3) is 0.333. The van der Waals surface area contributed by atoms with E-state index in [1.54, 1.807) is 31.2 Å². The summed E-state index contributed by atoms with van der Waals surface area (Å²) in [5.74, 6) is -1.75. The lowest BCUT2D eigenvalue weighted by atomic mass is 10.1. The lowest BCUT2D eigenvalue weighted by Crippen LogP contribution is -2.37. The Bertz CT molecular complexity index is 681. The second-order valence-electron chi connectivity index (χ2n) is 4.88. The molecule has 0 saturated heterocycles. The number of likely N-dealkylation sites (N-methyl/N-ethyl adjacent to an activating group) is 1. The van der Waals surface area contributed by atoms with E-state index in [4.69, 9.17) is 4.74 Å². The smallest absolute Gasteiger partial charge is 0.241 e. The van der Waals surface area contributed by atoms with Crippen molar-refractivity contribution in [3.8, 4) is 5.75 Å². The molecule has 0 aliphatic heterocycles. The maximum atomic E-state index is 13.4. The number of nitrogens with one attached hydrogen (secondary N) is 2. The van der Waals surface area contributed by atoms with Crippen LogP contribution < -0.4 is 15.4 Å². The van der Waals surface area contributed by atoms with Gasteiger partial charge in [-0.15, -0.1) is 12.4 Å². The van der Waals surface area contributed by atoms with Gasteiger partial charge in [-0.2, -0.15) is 5.10 Å². The normalized spacial score (nSPS) is 11.5. The SMILES string of the molecule is CNC(C(=O)NCCOc1ccc(F)cc1F)c1cnn(C)c1.Cl. The van der Waals surface area contributed by atoms with Crippen molar-refractivity contribution in [3.63, 3.8) is 0 Å². The summed E-state index contributed by atoms with van der Waals surface area (Å²) in [6.07, 6.45) is 3.34. The van der Waals surface area contributed by atoms with Gasteiger partial charge < -0.3 is 15.4 Å². The number of halogens is 3. The molecule has 6 nitrogen and oxygen atoms in total. The van der Waals surface area contributed by atoms with E-state index < -0.39 is 17.7 Å². The number of carbonyl (C=O) groups is 1. The first-order chi connectivity index (χ1) is 11.0. The van der Waals surface area contributed by atoms with Crippen molar-refractivity contribution >= 4 is 18.3 Å². The molecule has 1 unspecified atom stereocenters. The third-order valence-corrected chi connectivity index (χ3v) is 3.16. The van der Waals surface area contributed by atoms with Gasteiger partial charge in [-0.3, -0.25) is 9.48 Å². The molecule has 24 heavy (non-hydrogen) atoms. The maximum absolute atomic E-state index is 13.4. The van der Waals surface area contributed by atoms with E-state index in [2.05, 4.69) is 15.7 Å². The molecule has 2 N–H and O–H groups in total. The Kier molecular flexibility index (Phi) is 7.60. The van der Waals surface area contributed by atoms with E-state index in [1.165, 1.54) is 6.07 Å². The van der Waals surface area contributed by atoms with Crippen molar-refractivity contribution in [2.45, 2.75) is 6.04 Å². The number of aromatic nitrogens is 2. The zero-order chi connectivity index (χ0) is 16.8. The molecule has 0 spiro atoms. The Morgan fingerprint density at radius 2 is 2.17 bits per heavy atom. The van der Waals surface area contributed by atoms with Gasteiger partial charge in [-0.1, -0.05) is 0 Å². The number of rotatable bonds is 7. The van der Waals surface area contributed by atoms with Crippen LogP contribution in [-0.2, 0) is 11.8 Å². The van der Waals surface area contributed by atoms with Gasteiger partial charge in [0.2, 0.25) is 5.91 Å². The van der Waals surface area contributed by atoms with E-state index in [-0.39, 0.29) is 37.2 Å². The van der Waals surface area contributed by atoms with Gasteiger partial charge in [-0.05, 0) is 19.2 Å². The Balaban J connectivity index is 0.00000288. The monoisotopic (exact) mass is 360 g/mol. The van der Waals surface area contributed by atoms with Gasteiger partial charge in [0.25, 0.3) is 0 Å². The third-order valence-electron chi connectivity index (χ3n) is 3.16. The molecule has 1 aromatic heterocycles. The Morgan fingerprint density at radius 1 is 1.42 bits per heavy atom. The maximum Gasteiger partial charge on any atom is 0.241 e. The predicted molar refractivity (Wildman–Crippen MR) is 87.1 cm³/mol. The van der Waals surface area contributed by atoms with Crippen molar-refractivity contribution in [2.75, 3.05) is 20.2 Å². The molecule has 132 valence electrons. The van der Waals surface area contributed by atoms with Crippen molar-refractivity contribution in [1.29, 1.82) is 0 Å². The fourth-order valence-electron chi connectivity index (χ4n) is 2.07. The minimum Gasteiger partial charge on any atom is -0.489 e. The Hall–Kier alpha value is -2.19. The number of benzene rings is 1. The van der Waals surface area contributed by atoms with Gasteiger partial charge in [-0.25, -0.2) is 8.78 Å². The number of hydrogen-bond donors (Lipinski definition) is 2. The van der Waals surface area contributed by atoms with E-state index in [9.17, 15) is 13.6 Å². The Morgan fingerprint density at radius 3 is 2.75 bits per heavy atom. The van der Waals surface area contributed by atoms with Gasteiger partial charge in [0.1, 0.15) is 18.5 Å². The highest BCUT2D eigenvalue weighted by atomic mass is 35.5. The summed E-state index contributed by atoms with van der Waals surface area (Å²) in [7, 11) is 3.43. The van der Waals surface area contributed by atoms with Crippen LogP contribution in [0, 0.1) is 11.6 Å². The van der Waals surface area contributed by atoms with Crippen molar-refractivity contribution in [3.05, 3.63) is 47.8 Å². The lowest BCUT2D eigenvalue weighted by molar-refractivity contribution is -0.123. The molecule has 1 amide bonds. The molecule has 0 saturated carbocycles. The highest BCUT2D eigenvalue weighted by Gasteiger charge is 2.19. The third kappa shape index (κ3) is 5.17. The van der Waals surface area contributed by atoms with Crippen molar-refractivity contribution in [2.24, 2.45) is 7.05 Å². The summed E-state index contributed by atoms with van der Waals surface area (Å²) < 4.78 is 32.9. The molecular formula is C15H19ClF2N4O2. The highest BCUT2D eigenvalue weighted by molar-refractivity contribution is 5.85. The number of aryl methyl sites for hydroxylation is 1. The van der Waals surface area contributed by atoms with Crippen LogP contribution in [0.25, 0.3) is 0 Å². The first kappa shape index (κ1) is 19.9. The van der Waals surface area contributed by atoms with E-state index in [1.807, 2.05) is 0 Å². The average Bonchev–Trinajstić information content (AvgIpc) is 2.92.